The van der Waals surface area contributed by atoms with Gasteiger partial charge in [-0.05, 0) is 38.0 Å². The summed E-state index contributed by atoms with van der Waals surface area (Å²) < 4.78 is 0. The number of hydrogen-bond donors (Lipinski definition) is 3. The first-order valence-electron chi connectivity index (χ1n) is 8.71. The molecule has 0 aromatic carbocycles. The Kier molecular flexibility index (Phi) is 10.4. The summed E-state index contributed by atoms with van der Waals surface area (Å²) in [5.74, 6) is -8.70. The van der Waals surface area contributed by atoms with Gasteiger partial charge in [0.05, 0.1) is 5.41 Å². The lowest BCUT2D eigenvalue weighted by molar-refractivity contribution is -0.310. The van der Waals surface area contributed by atoms with Crippen molar-refractivity contribution in [3.63, 3.8) is 0 Å². The minimum absolute atomic E-state index is 0.0483. The normalized spacial score (nSPS) is 16.3. The van der Waals surface area contributed by atoms with Crippen LogP contribution in [0.1, 0.15) is 45.4 Å². The Balaban J connectivity index is 4.57. The Bertz CT molecular complexity index is 658. The molecule has 0 bridgehead atoms. The van der Waals surface area contributed by atoms with Crippen molar-refractivity contribution in [2.24, 2.45) is 15.4 Å². The van der Waals surface area contributed by atoms with Crippen molar-refractivity contribution in [3.05, 3.63) is 0 Å². The molecule has 3 N–H and O–H groups in total. The number of aliphatic carboxylic acids is 4. The number of carboxylic acids is 4. The van der Waals surface area contributed by atoms with Crippen molar-refractivity contribution in [3.8, 4) is 0 Å². The monoisotopic (exact) mass is 430 g/mol. The van der Waals surface area contributed by atoms with Gasteiger partial charge in [-0.15, -0.1) is 0 Å². The molecule has 0 aromatic rings. The van der Waals surface area contributed by atoms with Crippen LogP contribution in [-0.4, -0.2) is 69.7 Å². The zero-order chi connectivity index (χ0) is 23.5. The van der Waals surface area contributed by atoms with Crippen LogP contribution < -0.4 is 20.4 Å². The molecule has 13 nitrogen and oxygen atoms in total. The third kappa shape index (κ3) is 9.82. The average molecular weight is 430 g/mol. The van der Waals surface area contributed by atoms with Gasteiger partial charge in [0.1, 0.15) is 0 Å². The van der Waals surface area contributed by atoms with Gasteiger partial charge in [0.15, 0.2) is 5.60 Å². The summed E-state index contributed by atoms with van der Waals surface area (Å²) in [5.41, 5.74) is -4.68. The highest BCUT2D eigenvalue weighted by molar-refractivity contribution is 5.88. The second kappa shape index (κ2) is 11.7. The molecule has 1 unspecified atom stereocenters. The van der Waals surface area contributed by atoms with Gasteiger partial charge in [0.2, 0.25) is 0 Å². The first kappa shape index (κ1) is 26.8. The van der Waals surface area contributed by atoms with Crippen molar-refractivity contribution >= 4 is 35.7 Å². The number of carbonyl (C=O) groups is 4. The van der Waals surface area contributed by atoms with Crippen LogP contribution in [0.2, 0.25) is 0 Å². The van der Waals surface area contributed by atoms with Gasteiger partial charge in [-0.1, -0.05) is 0 Å². The average Bonchev–Trinajstić information content (AvgIpc) is 2.55. The van der Waals surface area contributed by atoms with Gasteiger partial charge in [-0.25, -0.2) is 4.79 Å². The lowest BCUT2D eigenvalue weighted by Crippen LogP contribution is -2.47. The largest absolute Gasteiger partial charge is 0.862 e. The van der Waals surface area contributed by atoms with E-state index < -0.39 is 72.4 Å². The number of carboxylic acid groups (broad SMARTS) is 4. The molecular weight excluding hydrogens is 408 g/mol. The summed E-state index contributed by atoms with van der Waals surface area (Å²) >= 11 is 0. The first-order chi connectivity index (χ1) is 13.7. The van der Waals surface area contributed by atoms with Crippen molar-refractivity contribution in [1.82, 2.24) is 0 Å². The standard InChI is InChI=1S/C17H26N2O11/c1-16(14(26)27,8-12(22)23)6-10(20)18-4-2-3-5-19-11(21)7-17(30,15(28)29)9-13(24)25/h30H,2-9H2,1H3,(H,18,20)(H,19,21)(H,22,23)(H,24,25)(H,26,27)(H,28,29)/p-4/t16?,17-/m1/s1. The third-order valence-corrected chi connectivity index (χ3v) is 4.01. The molecule has 0 aromatic heterocycles. The highest BCUT2D eigenvalue weighted by Crippen LogP contribution is 2.26. The van der Waals surface area contributed by atoms with E-state index in [-0.39, 0.29) is 25.9 Å². The number of carbonyl (C=O) groups excluding carboxylic acids is 2. The fraction of sp³-hybridized carbons (Fsp3) is 0.647. The fourth-order valence-electron chi connectivity index (χ4n) is 2.31. The van der Waals surface area contributed by atoms with Crippen molar-refractivity contribution in [2.75, 3.05) is 13.1 Å². The van der Waals surface area contributed by atoms with Crippen LogP contribution in [0.5, 0.6) is 0 Å². The Morgan fingerprint density at radius 1 is 0.733 bits per heavy atom. The molecule has 2 atom stereocenters. The Labute approximate surface area is 171 Å². The number of rotatable bonds is 15. The molecule has 0 spiro atoms. The predicted molar refractivity (Wildman–Crippen MR) is 90.6 cm³/mol. The summed E-state index contributed by atoms with van der Waals surface area (Å²) in [6, 6.07) is 0. The molecule has 0 aliphatic rings. The lowest BCUT2D eigenvalue weighted by Gasteiger charge is -2.27. The van der Waals surface area contributed by atoms with E-state index >= 15 is 0 Å². The fourth-order valence-corrected chi connectivity index (χ4v) is 2.31. The number of unbranched alkanes of at least 4 members (excludes halogenated alkanes) is 1. The second-order valence-corrected chi connectivity index (χ2v) is 6.91. The summed E-state index contributed by atoms with van der Waals surface area (Å²) in [6.07, 6.45) is -3.35. The molecule has 0 radical (unpaired) electrons. The lowest BCUT2D eigenvalue weighted by atomic mass is 9.83. The molecule has 0 rings (SSSR count). The summed E-state index contributed by atoms with van der Waals surface area (Å²) in [6.45, 7) is 0.927. The molecular formula is C17H22N2O11-4. The van der Waals surface area contributed by atoms with Crippen molar-refractivity contribution < 1.29 is 54.9 Å². The van der Waals surface area contributed by atoms with E-state index in [1.165, 1.54) is 0 Å². The maximum Gasteiger partial charge on any atom is 0.336 e. The Morgan fingerprint density at radius 2 is 1.17 bits per heavy atom. The maximum atomic E-state index is 11.7. The minimum Gasteiger partial charge on any atom is -0.862 e. The third-order valence-electron chi connectivity index (χ3n) is 4.01. The number of nitrogens with zero attached hydrogens (tertiary/aromatic N) is 2. The zero-order valence-corrected chi connectivity index (χ0v) is 16.2. The summed E-state index contributed by atoms with van der Waals surface area (Å²) in [4.78, 5) is 50.3. The number of aliphatic hydroxyl groups is 1. The van der Waals surface area contributed by atoms with Crippen LogP contribution >= 0.6 is 0 Å². The quantitative estimate of drug-likeness (QED) is 0.126. The summed E-state index contributed by atoms with van der Waals surface area (Å²) in [7, 11) is 0. The topological polar surface area (TPSA) is 246 Å². The van der Waals surface area contributed by atoms with Gasteiger partial charge in [0, 0.05) is 44.3 Å². The zero-order valence-electron chi connectivity index (χ0n) is 16.2. The van der Waals surface area contributed by atoms with Gasteiger partial charge in [-0.3, -0.25) is 4.79 Å². The predicted octanol–water partition coefficient (Wildman–Crippen LogP) is -4.75. The maximum absolute atomic E-state index is 11.7. The van der Waals surface area contributed by atoms with E-state index in [1.807, 2.05) is 0 Å². The minimum atomic E-state index is -2.83. The molecule has 0 fully saturated rings. The van der Waals surface area contributed by atoms with E-state index in [9.17, 15) is 44.7 Å². The van der Waals surface area contributed by atoms with Gasteiger partial charge < -0.3 is 55.3 Å². The molecule has 170 valence electrons. The van der Waals surface area contributed by atoms with Crippen molar-refractivity contribution in [1.29, 1.82) is 0 Å². The summed E-state index contributed by atoms with van der Waals surface area (Å²) in [5, 5.41) is 72.0. The van der Waals surface area contributed by atoms with E-state index in [1.54, 1.807) is 0 Å². The molecule has 0 saturated carbocycles. The van der Waals surface area contributed by atoms with E-state index in [0.717, 1.165) is 6.92 Å². The molecule has 13 heteroatoms. The van der Waals surface area contributed by atoms with Crippen LogP contribution in [0, 0.1) is 5.41 Å². The smallest absolute Gasteiger partial charge is 0.336 e. The van der Waals surface area contributed by atoms with Gasteiger partial charge in [0.25, 0.3) is 0 Å². The molecule has 0 saturated heterocycles. The van der Waals surface area contributed by atoms with Crippen LogP contribution in [0.4, 0.5) is 0 Å². The number of aliphatic imine (C=N–C) groups is 2. The molecule has 30 heavy (non-hydrogen) atoms. The van der Waals surface area contributed by atoms with Crippen LogP contribution in [0.3, 0.4) is 0 Å². The molecule has 0 aliphatic heterocycles. The highest BCUT2D eigenvalue weighted by atomic mass is 16.4. The van der Waals surface area contributed by atoms with E-state index in [4.69, 9.17) is 10.2 Å². The molecule has 0 amide bonds. The van der Waals surface area contributed by atoms with Crippen LogP contribution in [0.15, 0.2) is 9.98 Å². The van der Waals surface area contributed by atoms with E-state index in [0.29, 0.717) is 0 Å². The second-order valence-electron chi connectivity index (χ2n) is 6.91. The highest BCUT2D eigenvalue weighted by Gasteiger charge is 2.36. The number of hydrogen-bond acceptors (Lipinski definition) is 11. The van der Waals surface area contributed by atoms with Gasteiger partial charge in [-0.2, -0.15) is 0 Å². The molecule has 0 heterocycles. The molecule has 0 aliphatic carbocycles. The Hall–Kier alpha value is -3.22. The van der Waals surface area contributed by atoms with E-state index in [2.05, 4.69) is 9.98 Å². The van der Waals surface area contributed by atoms with Crippen LogP contribution in [-0.2, 0) is 19.2 Å². The first-order valence-corrected chi connectivity index (χ1v) is 8.71. The van der Waals surface area contributed by atoms with Crippen LogP contribution in [0.25, 0.3) is 0 Å². The van der Waals surface area contributed by atoms with Crippen molar-refractivity contribution in [2.45, 2.75) is 51.0 Å². The SMILES string of the molecule is CC(CC(=O)[O-])(CC([O-])=NCCCCN=C([O-])C[C@@](O)(CC(=O)[O-])C(=O)O)C(=O)O. The Morgan fingerprint density at radius 3 is 1.53 bits per heavy atom. The van der Waals surface area contributed by atoms with Gasteiger partial charge >= 0.3 is 11.9 Å².